The molecule has 0 saturated heterocycles. The Morgan fingerprint density at radius 2 is 1.93 bits per heavy atom. The first-order valence-corrected chi connectivity index (χ1v) is 15.1. The van der Waals surface area contributed by atoms with Crippen molar-refractivity contribution < 1.29 is 39.2 Å². The van der Waals surface area contributed by atoms with Gasteiger partial charge in [0, 0.05) is 17.4 Å². The van der Waals surface area contributed by atoms with Gasteiger partial charge in [-0.2, -0.15) is 0 Å². The fourth-order valence-corrected chi connectivity index (χ4v) is 7.30. The van der Waals surface area contributed by atoms with Gasteiger partial charge in [0.1, 0.15) is 23.9 Å². The number of ether oxygens (including phenoxy) is 2. The summed E-state index contributed by atoms with van der Waals surface area (Å²) in [5, 5.41) is 31.3. The Morgan fingerprint density at radius 1 is 1.21 bits per heavy atom. The van der Waals surface area contributed by atoms with Gasteiger partial charge < -0.3 is 24.8 Å². The highest BCUT2D eigenvalue weighted by Gasteiger charge is 2.61. The smallest absolute Gasteiger partial charge is 0.507 e. The van der Waals surface area contributed by atoms with Crippen LogP contribution in [0.3, 0.4) is 0 Å². The normalized spacial score (nSPS) is 27.6. The maximum atomic E-state index is 13.1. The van der Waals surface area contributed by atoms with Crippen LogP contribution in [0.15, 0.2) is 47.1 Å². The van der Waals surface area contributed by atoms with Gasteiger partial charge in [0.2, 0.25) is 0 Å². The van der Waals surface area contributed by atoms with E-state index < -0.39 is 30.1 Å². The number of ketones is 1. The molecule has 8 heteroatoms. The minimum absolute atomic E-state index is 0.0496. The molecule has 1 fully saturated rings. The Kier molecular flexibility index (Phi) is 9.66. The van der Waals surface area contributed by atoms with E-state index in [-0.39, 0.29) is 53.1 Å². The lowest BCUT2D eigenvalue weighted by atomic mass is 9.59. The van der Waals surface area contributed by atoms with Crippen LogP contribution in [-0.2, 0) is 20.7 Å². The van der Waals surface area contributed by atoms with Gasteiger partial charge in [-0.3, -0.25) is 4.79 Å². The number of hydrogen-bond donors (Lipinski definition) is 3. The Bertz CT molecular complexity index is 1320. The highest BCUT2D eigenvalue weighted by molar-refractivity contribution is 6.04. The maximum absolute atomic E-state index is 13.1. The van der Waals surface area contributed by atoms with E-state index >= 15 is 0 Å². The van der Waals surface area contributed by atoms with Crippen molar-refractivity contribution in [2.45, 2.75) is 85.2 Å². The summed E-state index contributed by atoms with van der Waals surface area (Å²) in [7, 11) is 0. The fraction of sp³-hybridized carbons (Fsp3) is 0.559. The van der Waals surface area contributed by atoms with Crippen LogP contribution in [0, 0.1) is 29.6 Å². The lowest BCUT2D eigenvalue weighted by molar-refractivity contribution is -0.151. The predicted molar refractivity (Wildman–Crippen MR) is 158 cm³/mol. The fourth-order valence-electron chi connectivity index (χ4n) is 7.30. The number of hydrogen-bond acceptors (Lipinski definition) is 7. The largest absolute Gasteiger partial charge is 0.514 e. The van der Waals surface area contributed by atoms with Crippen LogP contribution in [0.1, 0.15) is 83.8 Å². The summed E-state index contributed by atoms with van der Waals surface area (Å²) in [6.45, 7) is 13.3. The second-order valence-corrected chi connectivity index (χ2v) is 12.4. The van der Waals surface area contributed by atoms with Crippen molar-refractivity contribution in [1.29, 1.82) is 0 Å². The molecular weight excluding hydrogens is 536 g/mol. The Labute approximate surface area is 248 Å². The summed E-state index contributed by atoms with van der Waals surface area (Å²) in [4.78, 5) is 38.0. The van der Waals surface area contributed by atoms with E-state index in [1.54, 1.807) is 19.1 Å². The number of fused-ring (bicyclic) bond motifs is 1. The van der Waals surface area contributed by atoms with Gasteiger partial charge in [-0.15, -0.1) is 0 Å². The molecule has 8 nitrogen and oxygen atoms in total. The van der Waals surface area contributed by atoms with E-state index in [9.17, 15) is 29.7 Å². The molecule has 1 aromatic carbocycles. The highest BCUT2D eigenvalue weighted by Crippen LogP contribution is 2.55. The number of carbonyl (C=O) groups excluding carboxylic acids is 2. The standard InChI is InChI=1S/C34H44O8/c1-7-8-9-10-21-14-25(36)29(23-13-18(4)11-12-22(23)17(2)3)26(15-21)42-34(40)41-16-24-19(5)27-28(20(6)35)32(37)31(27)30(24)33(38)39/h13-15,19-20,22-23,27-28,31,35-36H,2,7-12,16H2,1,3-6H3,(H,38,39)/t19-,20+,22-,23+,27+,28+,31?/m0/s1. The molecule has 0 bridgehead atoms. The molecule has 0 amide bonds. The minimum Gasteiger partial charge on any atom is -0.507 e. The summed E-state index contributed by atoms with van der Waals surface area (Å²) < 4.78 is 11.3. The molecule has 0 aromatic heterocycles. The number of carboxylic acid groups (broad SMARTS) is 1. The molecule has 3 aliphatic carbocycles. The van der Waals surface area contributed by atoms with Crippen LogP contribution in [0.5, 0.6) is 11.5 Å². The van der Waals surface area contributed by atoms with E-state index in [4.69, 9.17) is 9.47 Å². The van der Waals surface area contributed by atoms with Crippen molar-refractivity contribution in [3.63, 3.8) is 0 Å². The van der Waals surface area contributed by atoms with Crippen molar-refractivity contribution in [3.8, 4) is 11.5 Å². The third-order valence-corrected chi connectivity index (χ3v) is 9.47. The van der Waals surface area contributed by atoms with Gasteiger partial charge in [0.25, 0.3) is 0 Å². The van der Waals surface area contributed by atoms with Gasteiger partial charge >= 0.3 is 12.1 Å². The highest BCUT2D eigenvalue weighted by atomic mass is 16.7. The number of Topliss-reactive ketones (excluding diaryl/α,β-unsaturated/α-hetero) is 1. The average Bonchev–Trinajstić information content (AvgIpc) is 3.15. The third-order valence-electron chi connectivity index (χ3n) is 9.47. The van der Waals surface area contributed by atoms with Crippen molar-refractivity contribution in [3.05, 3.63) is 58.2 Å². The molecule has 1 aromatic rings. The first kappa shape index (κ1) is 31.5. The minimum atomic E-state index is -1.23. The van der Waals surface area contributed by atoms with Crippen LogP contribution in [0.2, 0.25) is 0 Å². The Hall–Kier alpha value is -3.39. The van der Waals surface area contributed by atoms with E-state index in [1.165, 1.54) is 12.5 Å². The maximum Gasteiger partial charge on any atom is 0.514 e. The molecule has 3 N–H and O–H groups in total. The number of aliphatic hydroxyl groups excluding tert-OH is 1. The average molecular weight is 581 g/mol. The molecule has 42 heavy (non-hydrogen) atoms. The topological polar surface area (TPSA) is 130 Å². The number of aromatic hydroxyl groups is 1. The zero-order valence-electron chi connectivity index (χ0n) is 25.3. The van der Waals surface area contributed by atoms with Crippen molar-refractivity contribution in [1.82, 2.24) is 0 Å². The van der Waals surface area contributed by atoms with E-state index in [2.05, 4.69) is 19.6 Å². The molecule has 3 aliphatic rings. The number of phenolic OH excluding ortho intramolecular Hbond substituents is 1. The van der Waals surface area contributed by atoms with Gasteiger partial charge in [-0.1, -0.05) is 50.5 Å². The van der Waals surface area contributed by atoms with Crippen LogP contribution in [-0.4, -0.2) is 45.9 Å². The van der Waals surface area contributed by atoms with Gasteiger partial charge in [0.15, 0.2) is 0 Å². The van der Waals surface area contributed by atoms with Crippen molar-refractivity contribution in [2.75, 3.05) is 6.61 Å². The summed E-state index contributed by atoms with van der Waals surface area (Å²) >= 11 is 0. The van der Waals surface area contributed by atoms with Gasteiger partial charge in [-0.25, -0.2) is 9.59 Å². The Balaban J connectivity index is 1.61. The summed E-state index contributed by atoms with van der Waals surface area (Å²) in [5.41, 5.74) is 3.81. The lowest BCUT2D eigenvalue weighted by Crippen LogP contribution is -2.53. The summed E-state index contributed by atoms with van der Waals surface area (Å²) in [5.74, 6) is -3.59. The van der Waals surface area contributed by atoms with Gasteiger partial charge in [0.05, 0.1) is 17.6 Å². The number of allylic oxidation sites excluding steroid dienone is 3. The first-order chi connectivity index (χ1) is 19.9. The molecule has 228 valence electrons. The van der Waals surface area contributed by atoms with Gasteiger partial charge in [-0.05, 0) is 87.5 Å². The van der Waals surface area contributed by atoms with Crippen molar-refractivity contribution >= 4 is 17.9 Å². The second-order valence-electron chi connectivity index (χ2n) is 12.4. The number of benzene rings is 1. The predicted octanol–water partition coefficient (Wildman–Crippen LogP) is 6.50. The van der Waals surface area contributed by atoms with Crippen molar-refractivity contribution in [2.24, 2.45) is 29.6 Å². The monoisotopic (exact) mass is 580 g/mol. The molecule has 0 heterocycles. The third kappa shape index (κ3) is 6.05. The second kappa shape index (κ2) is 12.9. The number of aryl methyl sites for hydroxylation is 1. The van der Waals surface area contributed by atoms with E-state index in [1.807, 2.05) is 13.8 Å². The Morgan fingerprint density at radius 3 is 2.55 bits per heavy atom. The van der Waals surface area contributed by atoms with Crippen LogP contribution < -0.4 is 4.74 Å². The molecular formula is C34H44O8. The lowest BCUT2D eigenvalue weighted by Gasteiger charge is -2.43. The first-order valence-electron chi connectivity index (χ1n) is 15.1. The molecule has 7 atom stereocenters. The molecule has 1 unspecified atom stereocenters. The van der Waals surface area contributed by atoms with Crippen LogP contribution in [0.4, 0.5) is 4.79 Å². The number of carbonyl (C=O) groups is 3. The molecule has 0 aliphatic heterocycles. The number of unbranched alkanes of at least 4 members (excludes halogenated alkanes) is 2. The molecule has 1 saturated carbocycles. The van der Waals surface area contributed by atoms with E-state index in [0.717, 1.165) is 43.2 Å². The SMILES string of the molecule is C=C(C)[C@@H]1CCC(C)=C[C@H]1c1c(O)cc(CCCCC)cc1OC(=O)OCC1=C(C(=O)O)C2C(=O)[C@H]([C@@H](C)O)[C@H]2[C@H]1C. The number of phenols is 1. The zero-order valence-corrected chi connectivity index (χ0v) is 25.3. The number of rotatable bonds is 11. The zero-order chi connectivity index (χ0) is 30.9. The molecule has 4 rings (SSSR count). The van der Waals surface area contributed by atoms with E-state index in [0.29, 0.717) is 17.6 Å². The molecule has 0 spiro atoms. The summed E-state index contributed by atoms with van der Waals surface area (Å²) in [6, 6.07) is 3.53. The number of aliphatic carboxylic acids is 1. The summed E-state index contributed by atoms with van der Waals surface area (Å²) in [6.07, 6.45) is 5.68. The molecule has 0 radical (unpaired) electrons. The van der Waals surface area contributed by atoms with Crippen LogP contribution >= 0.6 is 0 Å². The number of aliphatic hydroxyl groups is 1. The van der Waals surface area contributed by atoms with Crippen LogP contribution in [0.25, 0.3) is 0 Å². The quantitative estimate of drug-likeness (QED) is 0.117. The number of carboxylic acids is 1.